The van der Waals surface area contributed by atoms with Gasteiger partial charge in [0, 0.05) is 52.2 Å². The number of anilines is 2. The normalized spacial score (nSPS) is 14.5. The molecule has 0 aliphatic carbocycles. The maximum absolute atomic E-state index is 13.2. The Morgan fingerprint density at radius 1 is 1.09 bits per heavy atom. The summed E-state index contributed by atoms with van der Waals surface area (Å²) in [6.45, 7) is 1.36. The van der Waals surface area contributed by atoms with E-state index in [0.29, 0.717) is 42.4 Å². The molecule has 0 atom stereocenters. The highest BCUT2D eigenvalue weighted by molar-refractivity contribution is 7.89. The van der Waals surface area contributed by atoms with Crippen LogP contribution in [0.15, 0.2) is 59.8 Å². The van der Waals surface area contributed by atoms with Crippen molar-refractivity contribution in [3.05, 3.63) is 66.2 Å². The molecule has 2 heterocycles. The summed E-state index contributed by atoms with van der Waals surface area (Å²) in [4.78, 5) is 19.2. The Balaban J connectivity index is 1.50. The zero-order valence-electron chi connectivity index (χ0n) is 20.3. The number of benzene rings is 2. The van der Waals surface area contributed by atoms with E-state index in [1.807, 2.05) is 36.8 Å². The van der Waals surface area contributed by atoms with Crippen LogP contribution >= 0.6 is 0 Å². The van der Waals surface area contributed by atoms with Crippen LogP contribution in [0.3, 0.4) is 0 Å². The number of hydrogen-bond donors (Lipinski definition) is 1. The number of amides is 1. The Labute approximate surface area is 206 Å². The van der Waals surface area contributed by atoms with Crippen molar-refractivity contribution >= 4 is 27.3 Å². The number of hydrogen-bond acceptors (Lipinski definition) is 6. The van der Waals surface area contributed by atoms with Gasteiger partial charge in [0.05, 0.1) is 16.3 Å². The van der Waals surface area contributed by atoms with Gasteiger partial charge in [0.2, 0.25) is 10.0 Å². The molecule has 1 amide bonds. The third-order valence-electron chi connectivity index (χ3n) is 6.06. The number of ether oxygens (including phenoxy) is 1. The lowest BCUT2D eigenvalue weighted by Crippen LogP contribution is -2.35. The van der Waals surface area contributed by atoms with E-state index in [9.17, 15) is 13.2 Å². The van der Waals surface area contributed by atoms with Crippen LogP contribution in [0.5, 0.6) is 5.75 Å². The number of piperidine rings is 1. The Morgan fingerprint density at radius 3 is 2.43 bits per heavy atom. The van der Waals surface area contributed by atoms with E-state index < -0.39 is 10.0 Å². The van der Waals surface area contributed by atoms with E-state index in [4.69, 9.17) is 4.74 Å². The van der Waals surface area contributed by atoms with Crippen molar-refractivity contribution in [1.82, 2.24) is 13.9 Å². The molecule has 0 unspecified atom stereocenters. The van der Waals surface area contributed by atoms with Gasteiger partial charge in [-0.2, -0.15) is 4.31 Å². The van der Waals surface area contributed by atoms with Crippen molar-refractivity contribution in [2.75, 3.05) is 37.4 Å². The third kappa shape index (κ3) is 5.66. The van der Waals surface area contributed by atoms with E-state index in [2.05, 4.69) is 10.3 Å². The van der Waals surface area contributed by atoms with E-state index in [1.54, 1.807) is 48.7 Å². The summed E-state index contributed by atoms with van der Waals surface area (Å²) >= 11 is 0. The van der Waals surface area contributed by atoms with Gasteiger partial charge >= 0.3 is 0 Å². The molecule has 0 bridgehead atoms. The van der Waals surface area contributed by atoms with Crippen LogP contribution in [0.4, 0.5) is 11.4 Å². The number of carbonyl (C=O) groups is 1. The molecule has 1 aromatic heterocycles. The molecule has 1 aliphatic heterocycles. The Morgan fingerprint density at radius 2 is 1.80 bits per heavy atom. The van der Waals surface area contributed by atoms with E-state index in [0.717, 1.165) is 25.1 Å². The second-order valence-electron chi connectivity index (χ2n) is 8.76. The Hall–Kier alpha value is -3.37. The summed E-state index contributed by atoms with van der Waals surface area (Å²) in [5.41, 5.74) is 1.59. The Kier molecular flexibility index (Phi) is 7.42. The molecule has 1 saturated heterocycles. The topological polar surface area (TPSA) is 96.8 Å². The highest BCUT2D eigenvalue weighted by Gasteiger charge is 2.27. The second-order valence-corrected chi connectivity index (χ2v) is 10.7. The van der Waals surface area contributed by atoms with Crippen molar-refractivity contribution in [1.29, 1.82) is 0 Å². The molecular formula is C25H31N5O4S. The van der Waals surface area contributed by atoms with Crippen LogP contribution in [-0.2, 0) is 23.7 Å². The molecule has 35 heavy (non-hydrogen) atoms. The molecule has 10 heteroatoms. The molecule has 186 valence electrons. The van der Waals surface area contributed by atoms with Crippen LogP contribution in [0.2, 0.25) is 0 Å². The standard InChI is InChI=1S/C25H31N5O4S/c1-28(2)23-12-11-21(35(32,33)30-14-5-4-6-15-30)17-22(23)27-25(31)19-7-9-20(10-8-19)34-18-24-26-13-16-29(24)3/h7-13,16-17H,4-6,14-15,18H2,1-3H3,(H,27,31). The molecule has 1 fully saturated rings. The van der Waals surface area contributed by atoms with E-state index >= 15 is 0 Å². The van der Waals surface area contributed by atoms with Crippen LogP contribution < -0.4 is 15.0 Å². The van der Waals surface area contributed by atoms with Gasteiger partial charge in [-0.15, -0.1) is 0 Å². The lowest BCUT2D eigenvalue weighted by atomic mass is 10.2. The van der Waals surface area contributed by atoms with Gasteiger partial charge < -0.3 is 19.5 Å². The number of nitrogens with zero attached hydrogens (tertiary/aromatic N) is 4. The lowest BCUT2D eigenvalue weighted by molar-refractivity contribution is 0.102. The summed E-state index contributed by atoms with van der Waals surface area (Å²) in [6, 6.07) is 11.7. The minimum absolute atomic E-state index is 0.179. The quantitative estimate of drug-likeness (QED) is 0.512. The maximum Gasteiger partial charge on any atom is 0.255 e. The average molecular weight is 498 g/mol. The zero-order chi connectivity index (χ0) is 25.0. The fourth-order valence-corrected chi connectivity index (χ4v) is 5.54. The number of carbonyl (C=O) groups excluding carboxylic acids is 1. The largest absolute Gasteiger partial charge is 0.486 e. The summed E-state index contributed by atoms with van der Waals surface area (Å²) < 4.78 is 35.5. The fourth-order valence-electron chi connectivity index (χ4n) is 4.00. The number of rotatable bonds is 8. The van der Waals surface area contributed by atoms with Crippen molar-refractivity contribution in [2.24, 2.45) is 7.05 Å². The summed E-state index contributed by atoms with van der Waals surface area (Å²) in [6.07, 6.45) is 6.32. The van der Waals surface area contributed by atoms with Gasteiger partial charge in [-0.3, -0.25) is 4.79 Å². The first kappa shape index (κ1) is 24.7. The Bertz CT molecular complexity index is 1280. The van der Waals surface area contributed by atoms with Crippen LogP contribution in [0.25, 0.3) is 0 Å². The molecule has 0 saturated carbocycles. The predicted octanol–water partition coefficient (Wildman–Crippen LogP) is 3.49. The number of aromatic nitrogens is 2. The summed E-state index contributed by atoms with van der Waals surface area (Å²) in [5, 5.41) is 2.89. The molecule has 3 aromatic rings. The fraction of sp³-hybridized carbons (Fsp3) is 0.360. The van der Waals surface area contributed by atoms with E-state index in [-0.39, 0.29) is 10.8 Å². The predicted molar refractivity (Wildman–Crippen MR) is 135 cm³/mol. The summed E-state index contributed by atoms with van der Waals surface area (Å²) in [5.74, 6) is 1.08. The molecular weight excluding hydrogens is 466 g/mol. The number of sulfonamides is 1. The highest BCUT2D eigenvalue weighted by atomic mass is 32.2. The van der Waals surface area contributed by atoms with Gasteiger partial charge in [0.15, 0.2) is 0 Å². The molecule has 2 aromatic carbocycles. The smallest absolute Gasteiger partial charge is 0.255 e. The molecule has 0 spiro atoms. The lowest BCUT2D eigenvalue weighted by Gasteiger charge is -2.26. The van der Waals surface area contributed by atoms with Gasteiger partial charge in [0.25, 0.3) is 5.91 Å². The first-order valence-corrected chi connectivity index (χ1v) is 13.0. The molecule has 1 N–H and O–H groups in total. The van der Waals surface area contributed by atoms with Crippen molar-refractivity contribution in [3.8, 4) is 5.75 Å². The van der Waals surface area contributed by atoms with E-state index in [1.165, 1.54) is 4.31 Å². The van der Waals surface area contributed by atoms with Gasteiger partial charge in [-0.25, -0.2) is 13.4 Å². The van der Waals surface area contributed by atoms with Gasteiger partial charge in [0.1, 0.15) is 18.2 Å². The summed E-state index contributed by atoms with van der Waals surface area (Å²) in [7, 11) is 1.97. The maximum atomic E-state index is 13.2. The van der Waals surface area contributed by atoms with Crippen molar-refractivity contribution < 1.29 is 17.9 Å². The van der Waals surface area contributed by atoms with Crippen LogP contribution in [0.1, 0.15) is 35.4 Å². The average Bonchev–Trinajstić information content (AvgIpc) is 3.28. The molecule has 9 nitrogen and oxygen atoms in total. The van der Waals surface area contributed by atoms with Crippen LogP contribution in [0, 0.1) is 0 Å². The monoisotopic (exact) mass is 497 g/mol. The number of imidazole rings is 1. The van der Waals surface area contributed by atoms with Gasteiger partial charge in [-0.1, -0.05) is 6.42 Å². The SMILES string of the molecule is CN(C)c1ccc(S(=O)(=O)N2CCCCC2)cc1NC(=O)c1ccc(OCc2nccn2C)cc1. The molecule has 1 aliphatic rings. The molecule has 0 radical (unpaired) electrons. The molecule has 4 rings (SSSR count). The number of nitrogens with one attached hydrogen (secondary N) is 1. The first-order chi connectivity index (χ1) is 16.8. The van der Waals surface area contributed by atoms with Crippen molar-refractivity contribution in [3.63, 3.8) is 0 Å². The van der Waals surface area contributed by atoms with Crippen LogP contribution in [-0.4, -0.2) is 55.4 Å². The zero-order valence-corrected chi connectivity index (χ0v) is 21.1. The first-order valence-electron chi connectivity index (χ1n) is 11.6. The minimum Gasteiger partial charge on any atom is -0.486 e. The van der Waals surface area contributed by atoms with Gasteiger partial charge in [-0.05, 0) is 55.3 Å². The highest BCUT2D eigenvalue weighted by Crippen LogP contribution is 2.30. The number of aryl methyl sites for hydroxylation is 1. The second kappa shape index (κ2) is 10.5. The van der Waals surface area contributed by atoms with Crippen molar-refractivity contribution in [2.45, 2.75) is 30.8 Å². The minimum atomic E-state index is -3.62. The third-order valence-corrected chi connectivity index (χ3v) is 7.95.